The van der Waals surface area contributed by atoms with Crippen LogP contribution >= 0.6 is 0 Å². The molecule has 0 saturated heterocycles. The number of hydrogen-bond acceptors (Lipinski definition) is 5. The summed E-state index contributed by atoms with van der Waals surface area (Å²) in [6.45, 7) is 3.90. The van der Waals surface area contributed by atoms with Gasteiger partial charge >= 0.3 is 6.09 Å². The second-order valence-electron chi connectivity index (χ2n) is 6.27. The Balaban J connectivity index is 1.99. The number of carbonyl (C=O) groups is 2. The highest BCUT2D eigenvalue weighted by Gasteiger charge is 2.23. The first-order valence-corrected chi connectivity index (χ1v) is 8.64. The molecule has 1 amide bonds. The summed E-state index contributed by atoms with van der Waals surface area (Å²) in [7, 11) is 0. The minimum Gasteiger partial charge on any atom is -0.445 e. The molecule has 0 heterocycles. The van der Waals surface area contributed by atoms with E-state index in [9.17, 15) is 19.7 Å². The highest BCUT2D eigenvalue weighted by Crippen LogP contribution is 2.19. The van der Waals surface area contributed by atoms with Gasteiger partial charge in [-0.15, -0.1) is 0 Å². The first-order valence-electron chi connectivity index (χ1n) is 8.64. The zero-order chi connectivity index (χ0) is 19.8. The van der Waals surface area contributed by atoms with E-state index in [1.54, 1.807) is 6.07 Å². The van der Waals surface area contributed by atoms with Gasteiger partial charge in [0.25, 0.3) is 5.69 Å². The van der Waals surface area contributed by atoms with Gasteiger partial charge in [-0.05, 0) is 25.5 Å². The Morgan fingerprint density at radius 1 is 1.07 bits per heavy atom. The standard InChI is InChI=1S/C20H22N2O5/c1-15(2)21(20(24)27-14-16-8-4-3-5-9-16)13-12-19(23)17-10-6-7-11-18(17)22(25)26/h3-11,15H,12-14H2,1-2H3. The van der Waals surface area contributed by atoms with Crippen molar-refractivity contribution < 1.29 is 19.2 Å². The number of ether oxygens (including phenoxy) is 1. The summed E-state index contributed by atoms with van der Waals surface area (Å²) < 4.78 is 5.32. The van der Waals surface area contributed by atoms with Crippen LogP contribution < -0.4 is 0 Å². The Kier molecular flexibility index (Phi) is 7.05. The molecule has 0 radical (unpaired) electrons. The molecule has 0 bridgehead atoms. The number of benzene rings is 2. The van der Waals surface area contributed by atoms with Crippen LogP contribution in [0.3, 0.4) is 0 Å². The molecule has 0 aliphatic carbocycles. The molecule has 0 aromatic heterocycles. The van der Waals surface area contributed by atoms with Crippen molar-refractivity contribution in [1.82, 2.24) is 4.90 Å². The summed E-state index contributed by atoms with van der Waals surface area (Å²) >= 11 is 0. The first-order chi connectivity index (χ1) is 12.9. The number of carbonyl (C=O) groups excluding carboxylic acids is 2. The monoisotopic (exact) mass is 370 g/mol. The maximum Gasteiger partial charge on any atom is 0.410 e. The van der Waals surface area contributed by atoms with Gasteiger partial charge in [0.05, 0.1) is 10.5 Å². The summed E-state index contributed by atoms with van der Waals surface area (Å²) in [6.07, 6.45) is -0.548. The Morgan fingerprint density at radius 2 is 1.70 bits per heavy atom. The van der Waals surface area contributed by atoms with Crippen LogP contribution in [0.15, 0.2) is 54.6 Å². The lowest BCUT2D eigenvalue weighted by Crippen LogP contribution is -2.38. The maximum atomic E-state index is 12.4. The van der Waals surface area contributed by atoms with E-state index in [0.29, 0.717) is 0 Å². The molecule has 27 heavy (non-hydrogen) atoms. The number of rotatable bonds is 8. The van der Waals surface area contributed by atoms with E-state index in [1.807, 2.05) is 44.2 Å². The SMILES string of the molecule is CC(C)N(CCC(=O)c1ccccc1[N+](=O)[O-])C(=O)OCc1ccccc1. The van der Waals surface area contributed by atoms with Crippen LogP contribution in [0.25, 0.3) is 0 Å². The zero-order valence-corrected chi connectivity index (χ0v) is 15.3. The van der Waals surface area contributed by atoms with Gasteiger partial charge in [-0.3, -0.25) is 14.9 Å². The maximum absolute atomic E-state index is 12.4. The quantitative estimate of drug-likeness (QED) is 0.394. The first kappa shape index (κ1) is 20.1. The van der Waals surface area contributed by atoms with E-state index >= 15 is 0 Å². The van der Waals surface area contributed by atoms with Crippen molar-refractivity contribution in [3.05, 3.63) is 75.8 Å². The summed E-state index contributed by atoms with van der Waals surface area (Å²) in [4.78, 5) is 36.7. The number of ketones is 1. The lowest BCUT2D eigenvalue weighted by molar-refractivity contribution is -0.385. The van der Waals surface area contributed by atoms with E-state index in [-0.39, 0.29) is 42.6 Å². The van der Waals surface area contributed by atoms with Crippen molar-refractivity contribution in [1.29, 1.82) is 0 Å². The van der Waals surface area contributed by atoms with Gasteiger partial charge in [0.2, 0.25) is 0 Å². The molecule has 0 unspecified atom stereocenters. The van der Waals surface area contributed by atoms with Crippen molar-refractivity contribution in [2.45, 2.75) is 32.9 Å². The summed E-state index contributed by atoms with van der Waals surface area (Å²) in [5, 5.41) is 11.1. The number of hydrogen-bond donors (Lipinski definition) is 0. The lowest BCUT2D eigenvalue weighted by atomic mass is 10.1. The molecule has 7 nitrogen and oxygen atoms in total. The lowest BCUT2D eigenvalue weighted by Gasteiger charge is -2.25. The van der Waals surface area contributed by atoms with Crippen molar-refractivity contribution >= 4 is 17.6 Å². The Hall–Kier alpha value is -3.22. The van der Waals surface area contributed by atoms with Gasteiger partial charge in [-0.1, -0.05) is 42.5 Å². The Labute approximate surface area is 157 Å². The fourth-order valence-corrected chi connectivity index (χ4v) is 2.59. The van der Waals surface area contributed by atoms with Crippen LogP contribution in [0.2, 0.25) is 0 Å². The normalized spacial score (nSPS) is 10.5. The molecule has 0 aliphatic rings. The molecule has 2 aromatic carbocycles. The molecule has 0 N–H and O–H groups in total. The number of nitro groups is 1. The van der Waals surface area contributed by atoms with E-state index in [2.05, 4.69) is 0 Å². The van der Waals surface area contributed by atoms with Gasteiger partial charge in [0, 0.05) is 25.1 Å². The minimum absolute atomic E-state index is 0.0243. The number of nitrogens with zero attached hydrogens (tertiary/aromatic N) is 2. The van der Waals surface area contributed by atoms with Crippen LogP contribution in [0, 0.1) is 10.1 Å². The number of para-hydroxylation sites is 1. The largest absolute Gasteiger partial charge is 0.445 e. The third kappa shape index (κ3) is 5.64. The third-order valence-electron chi connectivity index (χ3n) is 4.04. The fraction of sp³-hybridized carbons (Fsp3) is 0.300. The van der Waals surface area contributed by atoms with Crippen LogP contribution in [0.5, 0.6) is 0 Å². The highest BCUT2D eigenvalue weighted by molar-refractivity contribution is 6.00. The molecule has 142 valence electrons. The minimum atomic E-state index is -0.582. The molecule has 2 aromatic rings. The van der Waals surface area contributed by atoms with Crippen LogP contribution in [0.4, 0.5) is 10.5 Å². The number of nitro benzene ring substituents is 1. The smallest absolute Gasteiger partial charge is 0.410 e. The summed E-state index contributed by atoms with van der Waals surface area (Å²) in [6, 6.07) is 14.9. The number of amides is 1. The average Bonchev–Trinajstić information content (AvgIpc) is 2.66. The van der Waals surface area contributed by atoms with E-state index in [0.717, 1.165) is 5.56 Å². The number of Topliss-reactive ketones (excluding diaryl/α,β-unsaturated/α-hetero) is 1. The van der Waals surface area contributed by atoms with Crippen molar-refractivity contribution in [3.63, 3.8) is 0 Å². The van der Waals surface area contributed by atoms with E-state index in [1.165, 1.54) is 23.1 Å². The van der Waals surface area contributed by atoms with Gasteiger partial charge < -0.3 is 9.64 Å². The van der Waals surface area contributed by atoms with Crippen molar-refractivity contribution in [3.8, 4) is 0 Å². The van der Waals surface area contributed by atoms with E-state index < -0.39 is 11.0 Å². The van der Waals surface area contributed by atoms with Crippen molar-refractivity contribution in [2.75, 3.05) is 6.54 Å². The average molecular weight is 370 g/mol. The van der Waals surface area contributed by atoms with Gasteiger partial charge in [0.1, 0.15) is 6.61 Å². The predicted octanol–water partition coefficient (Wildman–Crippen LogP) is 4.21. The Morgan fingerprint density at radius 3 is 2.33 bits per heavy atom. The molecule has 2 rings (SSSR count). The summed E-state index contributed by atoms with van der Waals surface area (Å²) in [5.74, 6) is -0.385. The van der Waals surface area contributed by atoms with Gasteiger partial charge in [-0.25, -0.2) is 4.79 Å². The van der Waals surface area contributed by atoms with Crippen LogP contribution in [-0.2, 0) is 11.3 Å². The molecule has 0 aliphatic heterocycles. The molecule has 0 spiro atoms. The highest BCUT2D eigenvalue weighted by atomic mass is 16.6. The van der Waals surface area contributed by atoms with Gasteiger partial charge in [0.15, 0.2) is 5.78 Å². The van der Waals surface area contributed by atoms with E-state index in [4.69, 9.17) is 4.74 Å². The molecular formula is C20H22N2O5. The second-order valence-corrected chi connectivity index (χ2v) is 6.27. The summed E-state index contributed by atoms with van der Waals surface area (Å²) in [5.41, 5.74) is 0.680. The fourth-order valence-electron chi connectivity index (χ4n) is 2.59. The van der Waals surface area contributed by atoms with Crippen LogP contribution in [0.1, 0.15) is 36.2 Å². The molecule has 7 heteroatoms. The third-order valence-corrected chi connectivity index (χ3v) is 4.04. The second kappa shape index (κ2) is 9.47. The van der Waals surface area contributed by atoms with Crippen LogP contribution in [-0.4, -0.2) is 34.3 Å². The topological polar surface area (TPSA) is 89.8 Å². The van der Waals surface area contributed by atoms with Crippen molar-refractivity contribution in [2.24, 2.45) is 0 Å². The Bertz CT molecular complexity index is 805. The zero-order valence-electron chi connectivity index (χ0n) is 15.3. The molecule has 0 saturated carbocycles. The molecule has 0 atom stereocenters. The molecular weight excluding hydrogens is 348 g/mol. The predicted molar refractivity (Wildman–Crippen MR) is 101 cm³/mol. The molecule has 0 fully saturated rings. The van der Waals surface area contributed by atoms with Gasteiger partial charge in [-0.2, -0.15) is 0 Å².